The van der Waals surface area contributed by atoms with E-state index in [9.17, 15) is 4.79 Å². The highest BCUT2D eigenvalue weighted by atomic mass is 16.1. The lowest BCUT2D eigenvalue weighted by atomic mass is 10.0. The van der Waals surface area contributed by atoms with Gasteiger partial charge in [0.25, 0.3) is 5.91 Å². The standard InChI is InChI=1S/C27H40N6O/c34-27(28-22-12-18-32(19-13-22)21-20-31-14-4-3-5-15-31)25-9-8-24-23(29-25)10-11-26(30-24)33-16-6-1-2-7-17-33/h8-11,22H,1-7,12-21H2,(H,28,34). The number of nitrogens with one attached hydrogen (secondary N) is 1. The predicted molar refractivity (Wildman–Crippen MR) is 137 cm³/mol. The molecule has 0 bridgehead atoms. The molecule has 0 saturated carbocycles. The summed E-state index contributed by atoms with van der Waals surface area (Å²) in [5.41, 5.74) is 2.14. The minimum atomic E-state index is -0.0646. The van der Waals surface area contributed by atoms with Gasteiger partial charge >= 0.3 is 0 Å². The highest BCUT2D eigenvalue weighted by molar-refractivity contribution is 5.94. The number of fused-ring (bicyclic) bond motifs is 1. The van der Waals surface area contributed by atoms with Crippen molar-refractivity contribution in [2.45, 2.75) is 63.8 Å². The molecule has 0 unspecified atom stereocenters. The van der Waals surface area contributed by atoms with E-state index < -0.39 is 0 Å². The number of pyridine rings is 2. The predicted octanol–water partition coefficient (Wildman–Crippen LogP) is 3.69. The highest BCUT2D eigenvalue weighted by Crippen LogP contribution is 2.21. The van der Waals surface area contributed by atoms with E-state index in [0.29, 0.717) is 5.69 Å². The topological polar surface area (TPSA) is 64.6 Å². The molecule has 1 N–H and O–H groups in total. The summed E-state index contributed by atoms with van der Waals surface area (Å²) in [5, 5.41) is 3.23. The van der Waals surface area contributed by atoms with Crippen LogP contribution in [0.2, 0.25) is 0 Å². The van der Waals surface area contributed by atoms with Crippen molar-refractivity contribution in [1.29, 1.82) is 0 Å². The van der Waals surface area contributed by atoms with Gasteiger partial charge in [-0.3, -0.25) is 4.79 Å². The minimum absolute atomic E-state index is 0.0646. The number of aromatic nitrogens is 2. The molecule has 3 aliphatic heterocycles. The number of carbonyl (C=O) groups excluding carboxylic acids is 1. The van der Waals surface area contributed by atoms with Gasteiger partial charge in [0, 0.05) is 45.3 Å². The Kier molecular flexibility index (Phi) is 7.91. The van der Waals surface area contributed by atoms with Crippen LogP contribution >= 0.6 is 0 Å². The van der Waals surface area contributed by atoms with Gasteiger partial charge in [-0.05, 0) is 75.9 Å². The van der Waals surface area contributed by atoms with E-state index in [-0.39, 0.29) is 11.9 Å². The number of rotatable bonds is 6. The molecule has 3 aliphatic rings. The van der Waals surface area contributed by atoms with Gasteiger partial charge in [0.1, 0.15) is 11.5 Å². The van der Waals surface area contributed by atoms with E-state index in [1.807, 2.05) is 18.2 Å². The summed E-state index contributed by atoms with van der Waals surface area (Å²) in [4.78, 5) is 29.9. The van der Waals surface area contributed by atoms with Crippen LogP contribution in [0.15, 0.2) is 24.3 Å². The second kappa shape index (κ2) is 11.5. The molecule has 2 aromatic rings. The lowest BCUT2D eigenvalue weighted by Gasteiger charge is -2.34. The number of nitrogens with zero attached hydrogens (tertiary/aromatic N) is 5. The van der Waals surface area contributed by atoms with Crippen LogP contribution in [-0.4, -0.2) is 84.1 Å². The Morgan fingerprint density at radius 3 is 2.06 bits per heavy atom. The zero-order valence-corrected chi connectivity index (χ0v) is 20.6. The van der Waals surface area contributed by atoms with Crippen molar-refractivity contribution >= 4 is 22.8 Å². The van der Waals surface area contributed by atoms with Gasteiger partial charge in [-0.1, -0.05) is 19.3 Å². The van der Waals surface area contributed by atoms with Gasteiger partial charge in [-0.2, -0.15) is 0 Å². The van der Waals surface area contributed by atoms with Crippen LogP contribution < -0.4 is 10.2 Å². The molecule has 0 atom stereocenters. The van der Waals surface area contributed by atoms with Crippen LogP contribution in [-0.2, 0) is 0 Å². The van der Waals surface area contributed by atoms with Gasteiger partial charge in [-0.15, -0.1) is 0 Å². The Bertz CT molecular complexity index is 943. The van der Waals surface area contributed by atoms with E-state index >= 15 is 0 Å². The number of amides is 1. The summed E-state index contributed by atoms with van der Waals surface area (Å²) in [7, 11) is 0. The lowest BCUT2D eigenvalue weighted by Crippen LogP contribution is -2.47. The van der Waals surface area contributed by atoms with E-state index in [4.69, 9.17) is 4.98 Å². The van der Waals surface area contributed by atoms with Gasteiger partial charge in [0.15, 0.2) is 0 Å². The Hall–Kier alpha value is -2.25. The number of likely N-dealkylation sites (tertiary alicyclic amines) is 2. The van der Waals surface area contributed by atoms with Crippen LogP contribution in [0.25, 0.3) is 11.0 Å². The normalized spacial score (nSPS) is 21.5. The number of hydrogen-bond acceptors (Lipinski definition) is 6. The Morgan fingerprint density at radius 2 is 1.32 bits per heavy atom. The summed E-state index contributed by atoms with van der Waals surface area (Å²) >= 11 is 0. The SMILES string of the molecule is O=C(NC1CCN(CCN2CCCCC2)CC1)c1ccc2nc(N3CCCCCC3)ccc2n1. The molecular weight excluding hydrogens is 424 g/mol. The van der Waals surface area contributed by atoms with Gasteiger partial charge in [0.2, 0.25) is 0 Å². The molecule has 5 rings (SSSR count). The number of hydrogen-bond donors (Lipinski definition) is 1. The van der Waals surface area contributed by atoms with Crippen LogP contribution in [0.1, 0.15) is 68.3 Å². The fraction of sp³-hybridized carbons (Fsp3) is 0.667. The first-order valence-electron chi connectivity index (χ1n) is 13.5. The molecule has 7 heteroatoms. The first kappa shape index (κ1) is 23.5. The maximum absolute atomic E-state index is 12.9. The Morgan fingerprint density at radius 1 is 0.735 bits per heavy atom. The first-order valence-corrected chi connectivity index (χ1v) is 13.5. The first-order chi connectivity index (χ1) is 16.7. The third-order valence-electron chi connectivity index (χ3n) is 7.79. The smallest absolute Gasteiger partial charge is 0.270 e. The molecule has 0 radical (unpaired) electrons. The Balaban J connectivity index is 1.12. The van der Waals surface area contributed by atoms with Crippen LogP contribution in [0.5, 0.6) is 0 Å². The van der Waals surface area contributed by atoms with Crippen molar-refractivity contribution < 1.29 is 4.79 Å². The summed E-state index contributed by atoms with van der Waals surface area (Å²) < 4.78 is 0. The monoisotopic (exact) mass is 464 g/mol. The van der Waals surface area contributed by atoms with Gasteiger partial charge in [0.05, 0.1) is 11.0 Å². The van der Waals surface area contributed by atoms with Gasteiger partial charge < -0.3 is 20.0 Å². The van der Waals surface area contributed by atoms with E-state index in [1.165, 1.54) is 64.6 Å². The maximum Gasteiger partial charge on any atom is 0.270 e. The summed E-state index contributed by atoms with van der Waals surface area (Å²) in [5.74, 6) is 0.964. The average Bonchev–Trinajstić information content (AvgIpc) is 3.18. The van der Waals surface area contributed by atoms with E-state index in [0.717, 1.165) is 62.4 Å². The third-order valence-corrected chi connectivity index (χ3v) is 7.79. The fourth-order valence-electron chi connectivity index (χ4n) is 5.63. The molecule has 3 fully saturated rings. The molecule has 0 aliphatic carbocycles. The maximum atomic E-state index is 12.9. The number of carbonyl (C=O) groups is 1. The van der Waals surface area contributed by atoms with E-state index in [1.54, 1.807) is 0 Å². The zero-order valence-electron chi connectivity index (χ0n) is 20.6. The second-order valence-corrected chi connectivity index (χ2v) is 10.3. The fourth-order valence-corrected chi connectivity index (χ4v) is 5.63. The molecule has 184 valence electrons. The summed E-state index contributed by atoms with van der Waals surface area (Å²) in [6, 6.07) is 8.08. The Labute approximate surface area is 203 Å². The molecule has 7 nitrogen and oxygen atoms in total. The van der Waals surface area contributed by atoms with Crippen LogP contribution in [0.4, 0.5) is 5.82 Å². The zero-order chi connectivity index (χ0) is 23.2. The van der Waals surface area contributed by atoms with Crippen molar-refractivity contribution in [3.05, 3.63) is 30.0 Å². The van der Waals surface area contributed by atoms with Crippen molar-refractivity contribution in [2.24, 2.45) is 0 Å². The lowest BCUT2D eigenvalue weighted by molar-refractivity contribution is 0.0900. The molecule has 1 amide bonds. The number of anilines is 1. The van der Waals surface area contributed by atoms with Crippen molar-refractivity contribution in [3.63, 3.8) is 0 Å². The number of piperidine rings is 2. The highest BCUT2D eigenvalue weighted by Gasteiger charge is 2.22. The average molecular weight is 465 g/mol. The van der Waals surface area contributed by atoms with Crippen molar-refractivity contribution in [3.8, 4) is 0 Å². The van der Waals surface area contributed by atoms with Crippen LogP contribution in [0.3, 0.4) is 0 Å². The molecule has 0 spiro atoms. The quantitative estimate of drug-likeness (QED) is 0.703. The molecule has 3 saturated heterocycles. The minimum Gasteiger partial charge on any atom is -0.357 e. The molecule has 0 aromatic carbocycles. The van der Waals surface area contributed by atoms with E-state index in [2.05, 4.69) is 31.1 Å². The summed E-state index contributed by atoms with van der Waals surface area (Å²) in [6.45, 7) is 9.14. The van der Waals surface area contributed by atoms with Crippen LogP contribution in [0, 0.1) is 0 Å². The largest absolute Gasteiger partial charge is 0.357 e. The van der Waals surface area contributed by atoms with Crippen molar-refractivity contribution in [1.82, 2.24) is 25.1 Å². The summed E-state index contributed by atoms with van der Waals surface area (Å²) in [6.07, 6.45) is 11.2. The van der Waals surface area contributed by atoms with Crippen molar-refractivity contribution in [2.75, 3.05) is 57.3 Å². The molecule has 5 heterocycles. The van der Waals surface area contributed by atoms with Gasteiger partial charge in [-0.25, -0.2) is 9.97 Å². The molecule has 34 heavy (non-hydrogen) atoms. The molecular formula is C27H40N6O. The second-order valence-electron chi connectivity index (χ2n) is 10.3. The molecule has 2 aromatic heterocycles. The third kappa shape index (κ3) is 6.05.